The first-order valence-corrected chi connectivity index (χ1v) is 7.48. The number of hydrogen-bond donors (Lipinski definition) is 1. The monoisotopic (exact) mass is 334 g/mol. The van der Waals surface area contributed by atoms with Crippen LogP contribution in [0.1, 0.15) is 18.3 Å². The minimum Gasteiger partial charge on any atom is -0.306 e. The summed E-state index contributed by atoms with van der Waals surface area (Å²) in [4.78, 5) is 33.4. The molecule has 1 N–H and O–H groups in total. The van der Waals surface area contributed by atoms with Crippen molar-refractivity contribution in [2.45, 2.75) is 6.92 Å². The molecular weight excluding hydrogens is 320 g/mol. The van der Waals surface area contributed by atoms with Gasteiger partial charge in [-0.1, -0.05) is 29.9 Å². The average Bonchev–Trinajstić information content (AvgIpc) is 2.60. The van der Waals surface area contributed by atoms with Crippen LogP contribution in [-0.4, -0.2) is 19.9 Å². The Morgan fingerprint density at radius 3 is 2.96 bits per heavy atom. The standard InChI is InChI=1S/C18H14N4O3/c1-12(9-13-3-2-4-14(10-13)22(24)25)5-6-17-20-16-11-19-8-7-15(16)18(23)21-17/h2-11H,1H3,(H,20,21,23)/b6-5+,12-9+. The van der Waals surface area contributed by atoms with E-state index in [9.17, 15) is 14.9 Å². The van der Waals surface area contributed by atoms with E-state index in [0.717, 1.165) is 11.1 Å². The number of nitrogens with zero attached hydrogens (tertiary/aromatic N) is 3. The van der Waals surface area contributed by atoms with Crippen molar-refractivity contribution in [3.05, 3.63) is 86.2 Å². The van der Waals surface area contributed by atoms with Crippen LogP contribution in [0.15, 0.2) is 59.2 Å². The van der Waals surface area contributed by atoms with Crippen molar-refractivity contribution in [3.63, 3.8) is 0 Å². The molecule has 0 atom stereocenters. The van der Waals surface area contributed by atoms with Gasteiger partial charge in [-0.15, -0.1) is 0 Å². The molecule has 25 heavy (non-hydrogen) atoms. The van der Waals surface area contributed by atoms with E-state index in [0.29, 0.717) is 16.7 Å². The van der Waals surface area contributed by atoms with Gasteiger partial charge in [-0.2, -0.15) is 0 Å². The molecule has 0 amide bonds. The van der Waals surface area contributed by atoms with Crippen molar-refractivity contribution in [1.82, 2.24) is 15.0 Å². The summed E-state index contributed by atoms with van der Waals surface area (Å²) >= 11 is 0. The van der Waals surface area contributed by atoms with Crippen LogP contribution in [0.3, 0.4) is 0 Å². The molecule has 3 rings (SSSR count). The Bertz CT molecular complexity index is 1070. The molecule has 0 bridgehead atoms. The molecule has 124 valence electrons. The number of aromatic nitrogens is 3. The summed E-state index contributed by atoms with van der Waals surface area (Å²) in [6.07, 6.45) is 8.34. The third-order valence-electron chi connectivity index (χ3n) is 3.51. The fourth-order valence-electron chi connectivity index (χ4n) is 2.34. The molecule has 1 aromatic carbocycles. The quantitative estimate of drug-likeness (QED) is 0.448. The van der Waals surface area contributed by atoms with E-state index in [2.05, 4.69) is 15.0 Å². The van der Waals surface area contributed by atoms with Gasteiger partial charge < -0.3 is 4.98 Å². The number of allylic oxidation sites excluding steroid dienone is 2. The molecular formula is C18H14N4O3. The van der Waals surface area contributed by atoms with Gasteiger partial charge in [0.25, 0.3) is 11.2 Å². The number of pyridine rings is 1. The summed E-state index contributed by atoms with van der Waals surface area (Å²) in [5.74, 6) is 0.414. The lowest BCUT2D eigenvalue weighted by molar-refractivity contribution is -0.384. The zero-order valence-corrected chi connectivity index (χ0v) is 13.3. The highest BCUT2D eigenvalue weighted by Crippen LogP contribution is 2.16. The van der Waals surface area contributed by atoms with Crippen LogP contribution in [0, 0.1) is 10.1 Å². The van der Waals surface area contributed by atoms with E-state index in [-0.39, 0.29) is 11.2 Å². The smallest absolute Gasteiger partial charge is 0.270 e. The number of nitrogens with one attached hydrogen (secondary N) is 1. The SMILES string of the molecule is CC(/C=C/c1nc2cnccc2c(=O)[nH]1)=C\c1cccc([N+](=O)[O-])c1. The van der Waals surface area contributed by atoms with Crippen LogP contribution >= 0.6 is 0 Å². The lowest BCUT2D eigenvalue weighted by Gasteiger charge is -1.99. The largest absolute Gasteiger partial charge is 0.306 e. The van der Waals surface area contributed by atoms with Crippen molar-refractivity contribution in [3.8, 4) is 0 Å². The summed E-state index contributed by atoms with van der Waals surface area (Å²) in [5, 5.41) is 11.3. The van der Waals surface area contributed by atoms with Crippen molar-refractivity contribution < 1.29 is 4.92 Å². The molecule has 0 spiro atoms. The van der Waals surface area contributed by atoms with Gasteiger partial charge in [-0.3, -0.25) is 19.9 Å². The minimum absolute atomic E-state index is 0.0403. The van der Waals surface area contributed by atoms with Gasteiger partial charge in [0.15, 0.2) is 0 Å². The van der Waals surface area contributed by atoms with E-state index in [1.165, 1.54) is 18.3 Å². The van der Waals surface area contributed by atoms with Crippen molar-refractivity contribution in [2.24, 2.45) is 0 Å². The molecule has 0 aliphatic rings. The summed E-state index contributed by atoms with van der Waals surface area (Å²) < 4.78 is 0. The summed E-state index contributed by atoms with van der Waals surface area (Å²) in [6, 6.07) is 7.98. The van der Waals surface area contributed by atoms with Gasteiger partial charge in [0, 0.05) is 18.3 Å². The topological polar surface area (TPSA) is 102 Å². The lowest BCUT2D eigenvalue weighted by Crippen LogP contribution is -2.09. The average molecular weight is 334 g/mol. The first-order valence-electron chi connectivity index (χ1n) is 7.48. The first-order chi connectivity index (χ1) is 12.0. The number of rotatable bonds is 4. The zero-order chi connectivity index (χ0) is 17.8. The van der Waals surface area contributed by atoms with E-state index in [1.54, 1.807) is 36.5 Å². The molecule has 7 nitrogen and oxygen atoms in total. The van der Waals surface area contributed by atoms with Crippen LogP contribution < -0.4 is 5.56 Å². The maximum atomic E-state index is 12.0. The Morgan fingerprint density at radius 1 is 1.32 bits per heavy atom. The highest BCUT2D eigenvalue weighted by molar-refractivity contribution is 5.77. The highest BCUT2D eigenvalue weighted by atomic mass is 16.6. The molecule has 0 radical (unpaired) electrons. The molecule has 0 unspecified atom stereocenters. The minimum atomic E-state index is -0.430. The summed E-state index contributed by atoms with van der Waals surface area (Å²) in [5.41, 5.74) is 1.91. The zero-order valence-electron chi connectivity index (χ0n) is 13.3. The van der Waals surface area contributed by atoms with Crippen LogP contribution in [0.5, 0.6) is 0 Å². The van der Waals surface area contributed by atoms with E-state index in [1.807, 2.05) is 13.0 Å². The second-order valence-corrected chi connectivity index (χ2v) is 5.42. The fourth-order valence-corrected chi connectivity index (χ4v) is 2.34. The van der Waals surface area contributed by atoms with Gasteiger partial charge in [-0.05, 0) is 24.6 Å². The molecule has 2 heterocycles. The van der Waals surface area contributed by atoms with Gasteiger partial charge in [0.05, 0.1) is 22.0 Å². The third-order valence-corrected chi connectivity index (χ3v) is 3.51. The number of benzene rings is 1. The van der Waals surface area contributed by atoms with Gasteiger partial charge in [0.2, 0.25) is 0 Å². The molecule has 7 heteroatoms. The Kier molecular flexibility index (Phi) is 4.47. The molecule has 0 saturated heterocycles. The fraction of sp³-hybridized carbons (Fsp3) is 0.0556. The van der Waals surface area contributed by atoms with E-state index < -0.39 is 4.92 Å². The van der Waals surface area contributed by atoms with E-state index in [4.69, 9.17) is 0 Å². The summed E-state index contributed by atoms with van der Waals surface area (Å²) in [7, 11) is 0. The van der Waals surface area contributed by atoms with Crippen molar-refractivity contribution in [1.29, 1.82) is 0 Å². The molecule has 0 aliphatic heterocycles. The van der Waals surface area contributed by atoms with Crippen LogP contribution in [0.25, 0.3) is 23.1 Å². The Balaban J connectivity index is 1.87. The number of nitro benzene ring substituents is 1. The number of H-pyrrole nitrogens is 1. The molecule has 0 saturated carbocycles. The molecule has 0 fully saturated rings. The lowest BCUT2D eigenvalue weighted by atomic mass is 10.1. The van der Waals surface area contributed by atoms with Gasteiger partial charge >= 0.3 is 0 Å². The first kappa shape index (κ1) is 16.3. The Labute approximate surface area is 142 Å². The molecule has 3 aromatic rings. The normalized spacial score (nSPS) is 12.0. The second-order valence-electron chi connectivity index (χ2n) is 5.42. The maximum Gasteiger partial charge on any atom is 0.270 e. The third kappa shape index (κ3) is 3.84. The molecule has 2 aromatic heterocycles. The predicted molar refractivity (Wildman–Crippen MR) is 95.9 cm³/mol. The van der Waals surface area contributed by atoms with Crippen molar-refractivity contribution in [2.75, 3.05) is 0 Å². The molecule has 0 aliphatic carbocycles. The number of aromatic amines is 1. The van der Waals surface area contributed by atoms with E-state index >= 15 is 0 Å². The van der Waals surface area contributed by atoms with Gasteiger partial charge in [0.1, 0.15) is 5.82 Å². The van der Waals surface area contributed by atoms with Gasteiger partial charge in [-0.25, -0.2) is 4.98 Å². The Hall–Kier alpha value is -3.61. The number of nitro groups is 1. The second kappa shape index (κ2) is 6.88. The predicted octanol–water partition coefficient (Wildman–Crippen LogP) is 3.34. The highest BCUT2D eigenvalue weighted by Gasteiger charge is 2.04. The van der Waals surface area contributed by atoms with Crippen LogP contribution in [0.4, 0.5) is 5.69 Å². The maximum absolute atomic E-state index is 12.0. The number of non-ortho nitro benzene ring substituents is 1. The van der Waals surface area contributed by atoms with Crippen LogP contribution in [-0.2, 0) is 0 Å². The van der Waals surface area contributed by atoms with Crippen molar-refractivity contribution >= 4 is 28.7 Å². The summed E-state index contributed by atoms with van der Waals surface area (Å²) in [6.45, 7) is 1.86. The Morgan fingerprint density at radius 2 is 2.16 bits per heavy atom. The van der Waals surface area contributed by atoms with Crippen LogP contribution in [0.2, 0.25) is 0 Å². The number of hydrogen-bond acceptors (Lipinski definition) is 5. The number of fused-ring (bicyclic) bond motifs is 1.